The van der Waals surface area contributed by atoms with Gasteiger partial charge in [0.15, 0.2) is 0 Å². The predicted octanol–water partition coefficient (Wildman–Crippen LogP) is 0.924. The zero-order chi connectivity index (χ0) is 8.81. The lowest BCUT2D eigenvalue weighted by molar-refractivity contribution is 0.285. The molecule has 1 aliphatic heterocycles. The first-order valence-electron chi connectivity index (χ1n) is 4.78. The molecule has 1 unspecified atom stereocenters. The quantitative estimate of drug-likeness (QED) is 0.689. The van der Waals surface area contributed by atoms with E-state index in [1.54, 1.807) is 0 Å². The zero-order valence-corrected chi connectivity index (χ0v) is 8.70. The molecular formula is C9H20N2S. The van der Waals surface area contributed by atoms with E-state index in [0.29, 0.717) is 0 Å². The Balaban J connectivity index is 2.29. The van der Waals surface area contributed by atoms with E-state index in [1.807, 2.05) is 11.8 Å². The zero-order valence-electron chi connectivity index (χ0n) is 7.88. The summed E-state index contributed by atoms with van der Waals surface area (Å²) in [5, 5.41) is 3.39. The molecule has 1 aliphatic rings. The second kappa shape index (κ2) is 5.84. The van der Waals surface area contributed by atoms with Gasteiger partial charge in [-0.15, -0.1) is 0 Å². The van der Waals surface area contributed by atoms with Crippen LogP contribution in [0.15, 0.2) is 0 Å². The van der Waals surface area contributed by atoms with Gasteiger partial charge in [-0.25, -0.2) is 0 Å². The average molecular weight is 188 g/mol. The molecule has 0 aromatic carbocycles. The van der Waals surface area contributed by atoms with E-state index in [2.05, 4.69) is 11.6 Å². The van der Waals surface area contributed by atoms with Crippen LogP contribution < -0.4 is 11.1 Å². The van der Waals surface area contributed by atoms with Gasteiger partial charge in [0.1, 0.15) is 0 Å². The highest BCUT2D eigenvalue weighted by atomic mass is 32.2. The Morgan fingerprint density at radius 3 is 2.67 bits per heavy atom. The highest BCUT2D eigenvalue weighted by molar-refractivity contribution is 7.98. The van der Waals surface area contributed by atoms with Gasteiger partial charge < -0.3 is 11.1 Å². The normalized spacial score (nSPS) is 22.5. The maximum absolute atomic E-state index is 5.76. The average Bonchev–Trinajstić information content (AvgIpc) is 2.15. The molecule has 1 heterocycles. The van der Waals surface area contributed by atoms with Crippen LogP contribution in [0.4, 0.5) is 0 Å². The Bertz CT molecular complexity index is 110. The van der Waals surface area contributed by atoms with Gasteiger partial charge in [-0.2, -0.15) is 11.8 Å². The van der Waals surface area contributed by atoms with Gasteiger partial charge >= 0.3 is 0 Å². The minimum atomic E-state index is 0.752. The van der Waals surface area contributed by atoms with Crippen molar-refractivity contribution < 1.29 is 0 Å². The number of nitrogens with two attached hydrogens (primary N) is 1. The standard InChI is InChI=1S/C9H20N2S/c1-12-7-9(6-10)8-2-4-11-5-3-8/h8-9,11H,2-7,10H2,1H3. The molecule has 1 rings (SSSR count). The first kappa shape index (κ1) is 10.4. The van der Waals surface area contributed by atoms with E-state index >= 15 is 0 Å². The summed E-state index contributed by atoms with van der Waals surface area (Å²) in [6, 6.07) is 0. The number of thioether (sulfide) groups is 1. The van der Waals surface area contributed by atoms with Crippen molar-refractivity contribution in [3.63, 3.8) is 0 Å². The highest BCUT2D eigenvalue weighted by Crippen LogP contribution is 2.23. The van der Waals surface area contributed by atoms with E-state index in [1.165, 1.54) is 31.7 Å². The van der Waals surface area contributed by atoms with Crippen LogP contribution in [0.3, 0.4) is 0 Å². The van der Waals surface area contributed by atoms with Crippen molar-refractivity contribution in [2.24, 2.45) is 17.6 Å². The molecule has 1 saturated heterocycles. The number of rotatable bonds is 4. The summed E-state index contributed by atoms with van der Waals surface area (Å²) in [6.07, 6.45) is 4.81. The van der Waals surface area contributed by atoms with Crippen molar-refractivity contribution in [3.8, 4) is 0 Å². The summed E-state index contributed by atoms with van der Waals surface area (Å²) < 4.78 is 0. The lowest BCUT2D eigenvalue weighted by Crippen LogP contribution is -2.35. The summed E-state index contributed by atoms with van der Waals surface area (Å²) >= 11 is 1.93. The fraction of sp³-hybridized carbons (Fsp3) is 1.00. The maximum atomic E-state index is 5.76. The van der Waals surface area contributed by atoms with Crippen molar-refractivity contribution >= 4 is 11.8 Å². The summed E-state index contributed by atoms with van der Waals surface area (Å²) in [4.78, 5) is 0. The van der Waals surface area contributed by atoms with Gasteiger partial charge in [0.25, 0.3) is 0 Å². The molecule has 3 heteroatoms. The maximum Gasteiger partial charge on any atom is -0.00272 e. The van der Waals surface area contributed by atoms with E-state index in [0.717, 1.165) is 18.4 Å². The second-order valence-electron chi connectivity index (χ2n) is 3.54. The molecule has 0 aromatic heterocycles. The topological polar surface area (TPSA) is 38.0 Å². The number of nitrogens with one attached hydrogen (secondary N) is 1. The molecule has 0 radical (unpaired) electrons. The molecule has 0 spiro atoms. The molecule has 0 aliphatic carbocycles. The van der Waals surface area contributed by atoms with Crippen molar-refractivity contribution in [1.29, 1.82) is 0 Å². The molecule has 2 nitrogen and oxygen atoms in total. The monoisotopic (exact) mass is 188 g/mol. The van der Waals surface area contributed by atoms with Gasteiger partial charge in [-0.05, 0) is 56.3 Å². The number of piperidine rings is 1. The van der Waals surface area contributed by atoms with E-state index in [9.17, 15) is 0 Å². The van der Waals surface area contributed by atoms with Crippen LogP contribution in [0.2, 0.25) is 0 Å². The molecule has 12 heavy (non-hydrogen) atoms. The summed E-state index contributed by atoms with van der Waals surface area (Å²) in [5.74, 6) is 2.87. The fourth-order valence-corrected chi connectivity index (χ4v) is 2.76. The molecule has 0 aromatic rings. The van der Waals surface area contributed by atoms with Crippen LogP contribution in [0.25, 0.3) is 0 Å². The Kier molecular flexibility index (Phi) is 5.04. The van der Waals surface area contributed by atoms with Gasteiger partial charge in [-0.3, -0.25) is 0 Å². The van der Waals surface area contributed by atoms with Crippen LogP contribution in [0, 0.1) is 11.8 Å². The molecule has 0 amide bonds. The number of hydrogen-bond donors (Lipinski definition) is 2. The highest BCUT2D eigenvalue weighted by Gasteiger charge is 2.21. The Morgan fingerprint density at radius 1 is 1.50 bits per heavy atom. The Morgan fingerprint density at radius 2 is 2.17 bits per heavy atom. The minimum absolute atomic E-state index is 0.752. The number of hydrogen-bond acceptors (Lipinski definition) is 3. The third kappa shape index (κ3) is 2.96. The van der Waals surface area contributed by atoms with Gasteiger partial charge in [0.2, 0.25) is 0 Å². The molecule has 3 N–H and O–H groups in total. The second-order valence-corrected chi connectivity index (χ2v) is 4.45. The molecular weight excluding hydrogens is 168 g/mol. The summed E-state index contributed by atoms with van der Waals surface area (Å²) in [6.45, 7) is 3.25. The largest absolute Gasteiger partial charge is 0.330 e. The third-order valence-corrected chi connectivity index (χ3v) is 3.50. The molecule has 1 fully saturated rings. The molecule has 72 valence electrons. The lowest BCUT2D eigenvalue weighted by atomic mass is 9.86. The summed E-state index contributed by atoms with van der Waals surface area (Å²) in [7, 11) is 0. The van der Waals surface area contributed by atoms with E-state index in [4.69, 9.17) is 5.73 Å². The molecule has 0 bridgehead atoms. The fourth-order valence-electron chi connectivity index (χ4n) is 1.93. The van der Waals surface area contributed by atoms with Crippen LogP contribution in [-0.4, -0.2) is 31.6 Å². The molecule has 1 atom stereocenters. The minimum Gasteiger partial charge on any atom is -0.330 e. The smallest absolute Gasteiger partial charge is 0.00272 e. The van der Waals surface area contributed by atoms with E-state index in [-0.39, 0.29) is 0 Å². The van der Waals surface area contributed by atoms with Crippen LogP contribution in [0.1, 0.15) is 12.8 Å². The predicted molar refractivity (Wildman–Crippen MR) is 56.5 cm³/mol. The third-order valence-electron chi connectivity index (χ3n) is 2.73. The van der Waals surface area contributed by atoms with E-state index < -0.39 is 0 Å². The van der Waals surface area contributed by atoms with Crippen molar-refractivity contribution in [3.05, 3.63) is 0 Å². The van der Waals surface area contributed by atoms with Crippen molar-refractivity contribution in [2.45, 2.75) is 12.8 Å². The summed E-state index contributed by atoms with van der Waals surface area (Å²) in [5.41, 5.74) is 5.76. The van der Waals surface area contributed by atoms with Crippen molar-refractivity contribution in [2.75, 3.05) is 31.6 Å². The first-order valence-corrected chi connectivity index (χ1v) is 6.17. The van der Waals surface area contributed by atoms with Crippen LogP contribution in [0.5, 0.6) is 0 Å². The Labute approximate surface area is 79.7 Å². The van der Waals surface area contributed by atoms with Gasteiger partial charge in [0.05, 0.1) is 0 Å². The first-order chi connectivity index (χ1) is 5.88. The Hall–Kier alpha value is 0.270. The molecule has 0 saturated carbocycles. The SMILES string of the molecule is CSCC(CN)C1CCNCC1. The lowest BCUT2D eigenvalue weighted by Gasteiger charge is -2.29. The van der Waals surface area contributed by atoms with Gasteiger partial charge in [-0.1, -0.05) is 0 Å². The van der Waals surface area contributed by atoms with Crippen LogP contribution >= 0.6 is 11.8 Å². The van der Waals surface area contributed by atoms with Crippen molar-refractivity contribution in [1.82, 2.24) is 5.32 Å². The van der Waals surface area contributed by atoms with Gasteiger partial charge in [0, 0.05) is 0 Å². The van der Waals surface area contributed by atoms with Crippen LogP contribution in [-0.2, 0) is 0 Å².